The highest BCUT2D eigenvalue weighted by molar-refractivity contribution is 6.03. The number of aromatic nitrogens is 2. The molecular weight excluding hydrogens is 417 g/mol. The van der Waals surface area contributed by atoms with Gasteiger partial charge in [-0.25, -0.2) is 4.79 Å². The quantitative estimate of drug-likeness (QED) is 0.734. The van der Waals surface area contributed by atoms with E-state index in [1.807, 2.05) is 6.20 Å². The van der Waals surface area contributed by atoms with Crippen LogP contribution in [0.25, 0.3) is 11.1 Å². The number of anilines is 2. The number of amides is 2. The molecule has 3 heterocycles. The molecule has 0 radical (unpaired) electrons. The molecule has 0 saturated carbocycles. The summed E-state index contributed by atoms with van der Waals surface area (Å²) in [6.45, 7) is 2.60. The summed E-state index contributed by atoms with van der Waals surface area (Å²) in [6.07, 6.45) is -2.24. The number of ether oxygens (including phenoxy) is 2. The summed E-state index contributed by atoms with van der Waals surface area (Å²) in [5.41, 5.74) is 2.21. The van der Waals surface area contributed by atoms with Crippen LogP contribution in [0.3, 0.4) is 0 Å². The molecule has 1 fully saturated rings. The summed E-state index contributed by atoms with van der Waals surface area (Å²) < 4.78 is 49.1. The number of fused-ring (bicyclic) bond motifs is 1. The average molecular weight is 438 g/mol. The minimum Gasteiger partial charge on any atom is -0.439 e. The van der Waals surface area contributed by atoms with Gasteiger partial charge in [-0.3, -0.25) is 14.4 Å². The van der Waals surface area contributed by atoms with Crippen molar-refractivity contribution in [2.45, 2.75) is 32.1 Å². The van der Waals surface area contributed by atoms with Gasteiger partial charge < -0.3 is 14.4 Å². The van der Waals surface area contributed by atoms with E-state index in [-0.39, 0.29) is 18.5 Å². The van der Waals surface area contributed by atoms with Crippen LogP contribution in [0.5, 0.6) is 0 Å². The number of alkyl halides is 3. The summed E-state index contributed by atoms with van der Waals surface area (Å²) >= 11 is 0. The third-order valence-corrected chi connectivity index (χ3v) is 5.26. The van der Waals surface area contributed by atoms with Gasteiger partial charge in [0.2, 0.25) is 5.91 Å². The Morgan fingerprint density at radius 3 is 2.58 bits per heavy atom. The predicted molar refractivity (Wildman–Crippen MR) is 105 cm³/mol. The minimum absolute atomic E-state index is 0.00536. The fourth-order valence-corrected chi connectivity index (χ4v) is 3.74. The van der Waals surface area contributed by atoms with Crippen LogP contribution in [-0.2, 0) is 14.3 Å². The van der Waals surface area contributed by atoms with E-state index in [0.29, 0.717) is 30.2 Å². The van der Waals surface area contributed by atoms with Crippen molar-refractivity contribution in [1.82, 2.24) is 9.78 Å². The highest BCUT2D eigenvalue weighted by Crippen LogP contribution is 2.39. The van der Waals surface area contributed by atoms with E-state index in [1.165, 1.54) is 11.8 Å². The molecule has 2 amide bonds. The second-order valence-corrected chi connectivity index (χ2v) is 7.62. The van der Waals surface area contributed by atoms with Gasteiger partial charge in [0.15, 0.2) is 6.61 Å². The third-order valence-electron chi connectivity index (χ3n) is 5.26. The van der Waals surface area contributed by atoms with Crippen LogP contribution < -0.4 is 9.80 Å². The summed E-state index contributed by atoms with van der Waals surface area (Å²) in [6, 6.07) is 4.84. The highest BCUT2D eigenvalue weighted by Gasteiger charge is 2.37. The molecule has 0 N–H and O–H groups in total. The Morgan fingerprint density at radius 2 is 1.97 bits per heavy atom. The Kier molecular flexibility index (Phi) is 5.38. The molecule has 2 aliphatic rings. The maximum atomic E-state index is 12.5. The molecule has 2 aliphatic heterocycles. The summed E-state index contributed by atoms with van der Waals surface area (Å²) in [7, 11) is 0. The van der Waals surface area contributed by atoms with Crippen LogP contribution in [0.1, 0.15) is 19.9 Å². The van der Waals surface area contributed by atoms with Crippen LogP contribution in [0.4, 0.5) is 29.3 Å². The monoisotopic (exact) mass is 438 g/mol. The minimum atomic E-state index is -4.63. The van der Waals surface area contributed by atoms with Crippen molar-refractivity contribution in [2.24, 2.45) is 0 Å². The molecule has 1 aromatic carbocycles. The van der Waals surface area contributed by atoms with Crippen molar-refractivity contribution in [3.8, 4) is 11.1 Å². The molecule has 2 aromatic rings. The van der Waals surface area contributed by atoms with Crippen LogP contribution in [0.2, 0.25) is 0 Å². The van der Waals surface area contributed by atoms with Gasteiger partial charge in [-0.15, -0.1) is 0 Å². The Morgan fingerprint density at radius 1 is 1.23 bits per heavy atom. The van der Waals surface area contributed by atoms with Crippen molar-refractivity contribution in [2.75, 3.05) is 36.2 Å². The molecule has 1 aromatic heterocycles. The molecule has 1 atom stereocenters. The lowest BCUT2D eigenvalue weighted by atomic mass is 10.0. The van der Waals surface area contributed by atoms with Gasteiger partial charge in [0.25, 0.3) is 0 Å². The topological polar surface area (TPSA) is 76.9 Å². The fourth-order valence-electron chi connectivity index (χ4n) is 3.74. The lowest BCUT2D eigenvalue weighted by Gasteiger charge is -2.40. The molecule has 11 heteroatoms. The van der Waals surface area contributed by atoms with Gasteiger partial charge in [0, 0.05) is 25.2 Å². The van der Waals surface area contributed by atoms with Crippen molar-refractivity contribution in [3.63, 3.8) is 0 Å². The number of carbonyl (C=O) groups is 2. The lowest BCUT2D eigenvalue weighted by molar-refractivity contribution is -0.159. The Bertz CT molecular complexity index is 1000. The van der Waals surface area contributed by atoms with E-state index in [4.69, 9.17) is 4.74 Å². The number of carbonyl (C=O) groups excluding carboxylic acids is 2. The summed E-state index contributed by atoms with van der Waals surface area (Å²) in [5.74, 6) is -0.234. The molecule has 166 valence electrons. The van der Waals surface area contributed by atoms with Crippen LogP contribution in [0, 0.1) is 0 Å². The molecule has 0 unspecified atom stereocenters. The first kappa shape index (κ1) is 21.2. The maximum Gasteiger partial charge on any atom is 0.422 e. The average Bonchev–Trinajstić information content (AvgIpc) is 3.12. The number of halogens is 3. The van der Waals surface area contributed by atoms with Gasteiger partial charge in [-0.2, -0.15) is 18.3 Å². The Balaban J connectivity index is 1.69. The van der Waals surface area contributed by atoms with Crippen LogP contribution in [-0.4, -0.2) is 60.4 Å². The molecule has 0 aliphatic carbocycles. The second kappa shape index (κ2) is 7.88. The molecule has 1 saturated heterocycles. The van der Waals surface area contributed by atoms with Gasteiger partial charge >= 0.3 is 12.3 Å². The summed E-state index contributed by atoms with van der Waals surface area (Å²) in [4.78, 5) is 27.3. The standard InChI is InChI=1S/C20H21F3N4O4/c1-12-7-25(19(29)31-11-20(21,22)23)18-5-14(3-4-17(18)27(12)13(2)28)15-6-24-26(8-15)16-9-30-10-16/h3-6,8,12,16H,7,9-11H2,1-2H3/t12-/m0/s1. The van der Waals surface area contributed by atoms with Gasteiger partial charge in [-0.1, -0.05) is 6.07 Å². The second-order valence-electron chi connectivity index (χ2n) is 7.62. The zero-order chi connectivity index (χ0) is 22.3. The van der Waals surface area contributed by atoms with E-state index >= 15 is 0 Å². The normalized spacial score (nSPS) is 19.1. The first-order valence-electron chi connectivity index (χ1n) is 9.71. The Labute approximate surface area is 176 Å². The zero-order valence-electron chi connectivity index (χ0n) is 16.9. The number of hydrogen-bond donors (Lipinski definition) is 0. The smallest absolute Gasteiger partial charge is 0.422 e. The molecular formula is C20H21F3N4O4. The van der Waals surface area contributed by atoms with E-state index in [9.17, 15) is 22.8 Å². The Hall–Kier alpha value is -3.08. The molecule has 0 bridgehead atoms. The van der Waals surface area contributed by atoms with Crippen molar-refractivity contribution < 1.29 is 32.2 Å². The number of hydrogen-bond acceptors (Lipinski definition) is 5. The first-order valence-corrected chi connectivity index (χ1v) is 9.71. The van der Waals surface area contributed by atoms with Crippen molar-refractivity contribution in [1.29, 1.82) is 0 Å². The van der Waals surface area contributed by atoms with Crippen molar-refractivity contribution >= 4 is 23.4 Å². The molecule has 31 heavy (non-hydrogen) atoms. The predicted octanol–water partition coefficient (Wildman–Crippen LogP) is 3.38. The van der Waals surface area contributed by atoms with E-state index in [0.717, 1.165) is 10.5 Å². The molecule has 4 rings (SSSR count). The number of nitrogens with zero attached hydrogens (tertiary/aromatic N) is 4. The van der Waals surface area contributed by atoms with Gasteiger partial charge in [0.1, 0.15) is 0 Å². The van der Waals surface area contributed by atoms with Crippen molar-refractivity contribution in [3.05, 3.63) is 30.6 Å². The molecule has 0 spiro atoms. The number of benzene rings is 1. The SMILES string of the molecule is CC(=O)N1c2ccc(-c3cnn(C4COC4)c3)cc2N(C(=O)OCC(F)(F)F)C[C@@H]1C. The van der Waals surface area contributed by atoms with Crippen LogP contribution >= 0.6 is 0 Å². The molecule has 8 nitrogen and oxygen atoms in total. The fraction of sp³-hybridized carbons (Fsp3) is 0.450. The van der Waals surface area contributed by atoms with Gasteiger partial charge in [-0.05, 0) is 24.6 Å². The van der Waals surface area contributed by atoms with E-state index in [1.54, 1.807) is 36.0 Å². The zero-order valence-corrected chi connectivity index (χ0v) is 16.9. The lowest BCUT2D eigenvalue weighted by Crippen LogP contribution is -2.51. The number of rotatable bonds is 3. The van der Waals surface area contributed by atoms with Crippen LogP contribution in [0.15, 0.2) is 30.6 Å². The van der Waals surface area contributed by atoms with E-state index in [2.05, 4.69) is 9.84 Å². The highest BCUT2D eigenvalue weighted by atomic mass is 19.4. The summed E-state index contributed by atoms with van der Waals surface area (Å²) in [5, 5.41) is 4.33. The van der Waals surface area contributed by atoms with E-state index < -0.39 is 24.9 Å². The van der Waals surface area contributed by atoms with Gasteiger partial charge in [0.05, 0.1) is 42.9 Å². The third kappa shape index (κ3) is 4.22. The maximum absolute atomic E-state index is 12.5. The first-order chi connectivity index (χ1) is 14.6. The largest absolute Gasteiger partial charge is 0.439 e.